The molecule has 0 aliphatic carbocycles. The fourth-order valence-electron chi connectivity index (χ4n) is 0.684. The number of hydrogen-bond acceptors (Lipinski definition) is 3. The second-order valence-electron chi connectivity index (χ2n) is 2.34. The van der Waals surface area contributed by atoms with Crippen molar-refractivity contribution in [2.45, 2.75) is 18.7 Å². The molecule has 0 bridgehead atoms. The Labute approximate surface area is 81.0 Å². The van der Waals surface area contributed by atoms with Gasteiger partial charge in [-0.15, -0.1) is 11.3 Å². The van der Waals surface area contributed by atoms with Gasteiger partial charge in [0.05, 0.1) is 0 Å². The number of hydrogen-bond donors (Lipinski definition) is 1. The van der Waals surface area contributed by atoms with Crippen LogP contribution in [0.15, 0.2) is 6.20 Å². The highest BCUT2D eigenvalue weighted by Gasteiger charge is 2.38. The minimum Gasteiger partial charge on any atom is -0.383 e. The molecule has 0 saturated carbocycles. The predicted octanol–water partition coefficient (Wildman–Crippen LogP) is 2.26. The monoisotopic (exact) mass is 231 g/mol. The van der Waals surface area contributed by atoms with Gasteiger partial charge in [0.2, 0.25) is 0 Å². The first-order chi connectivity index (χ1) is 5.89. The molecule has 0 saturated heterocycles. The van der Waals surface area contributed by atoms with Crippen molar-refractivity contribution < 1.29 is 18.3 Å². The number of thiazole rings is 1. The second kappa shape index (κ2) is 3.81. The molecule has 1 N–H and O–H groups in total. The maximum atomic E-state index is 11.8. The van der Waals surface area contributed by atoms with E-state index in [-0.39, 0.29) is 4.47 Å². The molecule has 2 nitrogen and oxygen atoms in total. The lowest BCUT2D eigenvalue weighted by atomic mass is 10.2. The first-order valence-electron chi connectivity index (χ1n) is 3.24. The molecule has 1 aromatic heterocycles. The summed E-state index contributed by atoms with van der Waals surface area (Å²) < 4.78 is 35.7. The van der Waals surface area contributed by atoms with Crippen LogP contribution >= 0.6 is 22.9 Å². The topological polar surface area (TPSA) is 33.1 Å². The van der Waals surface area contributed by atoms with Crippen LogP contribution in [0, 0.1) is 0 Å². The van der Waals surface area contributed by atoms with Crippen molar-refractivity contribution in [2.75, 3.05) is 0 Å². The Morgan fingerprint density at radius 1 is 1.62 bits per heavy atom. The van der Waals surface area contributed by atoms with Gasteiger partial charge in [-0.2, -0.15) is 13.2 Å². The molecule has 1 heterocycles. The van der Waals surface area contributed by atoms with Gasteiger partial charge < -0.3 is 5.11 Å². The largest absolute Gasteiger partial charge is 0.414 e. The van der Waals surface area contributed by atoms with E-state index in [9.17, 15) is 13.2 Å². The lowest BCUT2D eigenvalue weighted by molar-refractivity contribution is -0.202. The molecular formula is C6H5ClF3NOS. The van der Waals surface area contributed by atoms with E-state index in [0.717, 1.165) is 11.3 Å². The zero-order valence-corrected chi connectivity index (χ0v) is 7.75. The third kappa shape index (κ3) is 3.13. The number of halogens is 4. The molecule has 13 heavy (non-hydrogen) atoms. The summed E-state index contributed by atoms with van der Waals surface area (Å²) in [7, 11) is 0. The Hall–Kier alpha value is -0.330. The molecule has 1 unspecified atom stereocenters. The van der Waals surface area contributed by atoms with Crippen LogP contribution < -0.4 is 0 Å². The molecule has 0 radical (unpaired) electrons. The summed E-state index contributed by atoms with van der Waals surface area (Å²) >= 11 is 6.33. The highest BCUT2D eigenvalue weighted by molar-refractivity contribution is 7.15. The van der Waals surface area contributed by atoms with Crippen LogP contribution in [-0.2, 0) is 6.42 Å². The van der Waals surface area contributed by atoms with Crippen LogP contribution in [0.25, 0.3) is 0 Å². The van der Waals surface area contributed by atoms with Gasteiger partial charge in [0, 0.05) is 17.5 Å². The van der Waals surface area contributed by atoms with Crippen LogP contribution in [-0.4, -0.2) is 22.4 Å². The van der Waals surface area contributed by atoms with Crippen LogP contribution in [0.1, 0.15) is 4.88 Å². The molecule has 0 fully saturated rings. The minimum atomic E-state index is -4.59. The maximum absolute atomic E-state index is 11.8. The van der Waals surface area contributed by atoms with E-state index in [4.69, 9.17) is 16.7 Å². The van der Waals surface area contributed by atoms with E-state index in [0.29, 0.717) is 4.88 Å². The van der Waals surface area contributed by atoms with Crippen LogP contribution in [0.3, 0.4) is 0 Å². The normalized spacial score (nSPS) is 14.5. The molecule has 1 atom stereocenters. The molecule has 0 aliphatic heterocycles. The zero-order valence-electron chi connectivity index (χ0n) is 6.18. The molecule has 7 heteroatoms. The molecule has 1 rings (SSSR count). The number of aromatic nitrogens is 1. The lowest BCUT2D eigenvalue weighted by Crippen LogP contribution is -2.30. The van der Waals surface area contributed by atoms with Gasteiger partial charge in [-0.25, -0.2) is 4.98 Å². The number of rotatable bonds is 2. The van der Waals surface area contributed by atoms with Gasteiger partial charge in [0.25, 0.3) is 0 Å². The standard InChI is InChI=1S/C6H5ClF3NOS/c7-5-11-2-3(13-5)1-4(12)6(8,9)10/h2,4,12H,1H2. The Bertz CT molecular complexity index is 288. The van der Waals surface area contributed by atoms with Gasteiger partial charge in [-0.3, -0.25) is 0 Å². The van der Waals surface area contributed by atoms with Crippen LogP contribution in [0.4, 0.5) is 13.2 Å². The van der Waals surface area contributed by atoms with Crippen molar-refractivity contribution in [3.63, 3.8) is 0 Å². The second-order valence-corrected chi connectivity index (χ2v) is 4.04. The SMILES string of the molecule is OC(Cc1cnc(Cl)s1)C(F)(F)F. The summed E-state index contributed by atoms with van der Waals surface area (Å²) in [6.07, 6.45) is -6.20. The number of alkyl halides is 3. The van der Waals surface area contributed by atoms with E-state index < -0.39 is 18.7 Å². The Morgan fingerprint density at radius 2 is 2.23 bits per heavy atom. The summed E-state index contributed by atoms with van der Waals surface area (Å²) in [5.74, 6) is 0. The van der Waals surface area contributed by atoms with Gasteiger partial charge in [-0.05, 0) is 0 Å². The third-order valence-electron chi connectivity index (χ3n) is 1.30. The van der Waals surface area contributed by atoms with Crippen LogP contribution in [0.2, 0.25) is 4.47 Å². The molecule has 1 aromatic rings. The number of nitrogens with zero attached hydrogens (tertiary/aromatic N) is 1. The smallest absolute Gasteiger partial charge is 0.383 e. The van der Waals surface area contributed by atoms with Gasteiger partial charge in [-0.1, -0.05) is 11.6 Å². The highest BCUT2D eigenvalue weighted by atomic mass is 35.5. The van der Waals surface area contributed by atoms with Gasteiger partial charge in [0.1, 0.15) is 0 Å². The Kier molecular flexibility index (Phi) is 3.15. The van der Waals surface area contributed by atoms with E-state index in [1.165, 1.54) is 6.20 Å². The molecule has 74 valence electrons. The fraction of sp³-hybridized carbons (Fsp3) is 0.500. The van der Waals surface area contributed by atoms with Crippen molar-refractivity contribution >= 4 is 22.9 Å². The van der Waals surface area contributed by atoms with E-state index >= 15 is 0 Å². The molecule has 0 amide bonds. The average Bonchev–Trinajstić information content (AvgIpc) is 2.33. The summed E-state index contributed by atoms with van der Waals surface area (Å²) in [5, 5.41) is 8.66. The van der Waals surface area contributed by atoms with Crippen molar-refractivity contribution in [1.82, 2.24) is 4.98 Å². The first kappa shape index (κ1) is 10.7. The minimum absolute atomic E-state index is 0.171. The Balaban J connectivity index is 2.60. The van der Waals surface area contributed by atoms with Gasteiger partial charge >= 0.3 is 6.18 Å². The molecule has 0 spiro atoms. The highest BCUT2D eigenvalue weighted by Crippen LogP contribution is 2.26. The lowest BCUT2D eigenvalue weighted by Gasteiger charge is -2.12. The summed E-state index contributed by atoms with van der Waals surface area (Å²) in [6, 6.07) is 0. The fourth-order valence-corrected chi connectivity index (χ4v) is 1.70. The van der Waals surface area contributed by atoms with Crippen LogP contribution in [0.5, 0.6) is 0 Å². The van der Waals surface area contributed by atoms with Gasteiger partial charge in [0.15, 0.2) is 10.6 Å². The van der Waals surface area contributed by atoms with Crippen molar-refractivity contribution in [2.24, 2.45) is 0 Å². The summed E-state index contributed by atoms with van der Waals surface area (Å²) in [4.78, 5) is 3.87. The summed E-state index contributed by atoms with van der Waals surface area (Å²) in [5.41, 5.74) is 0. The van der Waals surface area contributed by atoms with Crippen molar-refractivity contribution in [3.8, 4) is 0 Å². The van der Waals surface area contributed by atoms with E-state index in [1.54, 1.807) is 0 Å². The average molecular weight is 232 g/mol. The molecule has 0 aliphatic rings. The predicted molar refractivity (Wildman–Crippen MR) is 42.9 cm³/mol. The quantitative estimate of drug-likeness (QED) is 0.847. The van der Waals surface area contributed by atoms with E-state index in [1.807, 2.05) is 0 Å². The molecule has 0 aromatic carbocycles. The molecular weight excluding hydrogens is 227 g/mol. The maximum Gasteiger partial charge on any atom is 0.414 e. The zero-order chi connectivity index (χ0) is 10.1. The third-order valence-corrected chi connectivity index (χ3v) is 2.43. The number of aliphatic hydroxyl groups excluding tert-OH is 1. The summed E-state index contributed by atoms with van der Waals surface area (Å²) in [6.45, 7) is 0. The Morgan fingerprint density at radius 3 is 2.62 bits per heavy atom. The van der Waals surface area contributed by atoms with E-state index in [2.05, 4.69) is 4.98 Å². The van der Waals surface area contributed by atoms with Crippen molar-refractivity contribution in [1.29, 1.82) is 0 Å². The number of aliphatic hydroxyl groups is 1. The first-order valence-corrected chi connectivity index (χ1v) is 4.44. The van der Waals surface area contributed by atoms with Crippen molar-refractivity contribution in [3.05, 3.63) is 15.5 Å².